The quantitative estimate of drug-likeness (QED) is 0.753. The number of hydrogen-bond donors (Lipinski definition) is 1. The van der Waals surface area contributed by atoms with E-state index in [1.165, 1.54) is 10.4 Å². The van der Waals surface area contributed by atoms with Crippen LogP contribution in [-0.4, -0.2) is 50.6 Å². The summed E-state index contributed by atoms with van der Waals surface area (Å²) in [6.07, 6.45) is 1.87. The van der Waals surface area contributed by atoms with Gasteiger partial charge in [-0.05, 0) is 31.0 Å². The van der Waals surface area contributed by atoms with E-state index < -0.39 is 34.4 Å². The molecule has 0 aromatic heterocycles. The molecule has 1 N–H and O–H groups in total. The molecule has 1 aromatic rings. The Bertz CT molecular complexity index is 761. The number of nitrogens with one attached hydrogen (secondary N) is 1. The number of benzene rings is 1. The van der Waals surface area contributed by atoms with E-state index in [4.69, 9.17) is 27.9 Å². The van der Waals surface area contributed by atoms with Crippen LogP contribution in [0, 0.1) is 5.92 Å². The van der Waals surface area contributed by atoms with Gasteiger partial charge in [-0.3, -0.25) is 9.59 Å². The third-order valence-electron chi connectivity index (χ3n) is 3.80. The van der Waals surface area contributed by atoms with Crippen molar-refractivity contribution in [3.8, 4) is 0 Å². The average Bonchev–Trinajstić information content (AvgIpc) is 2.55. The second kappa shape index (κ2) is 8.35. The Labute approximate surface area is 156 Å². The van der Waals surface area contributed by atoms with Gasteiger partial charge in [-0.25, -0.2) is 12.7 Å². The highest BCUT2D eigenvalue weighted by molar-refractivity contribution is 7.88. The second-order valence-electron chi connectivity index (χ2n) is 5.72. The van der Waals surface area contributed by atoms with Crippen LogP contribution in [-0.2, 0) is 24.3 Å². The first-order valence-corrected chi connectivity index (χ1v) is 10.1. The van der Waals surface area contributed by atoms with E-state index >= 15 is 0 Å². The maximum Gasteiger partial charge on any atom is 0.309 e. The molecular formula is C15H18Cl2N2O5S. The molecule has 0 spiro atoms. The van der Waals surface area contributed by atoms with Gasteiger partial charge in [0.25, 0.3) is 5.91 Å². The molecule has 138 valence electrons. The first-order valence-electron chi connectivity index (χ1n) is 7.53. The molecular weight excluding hydrogens is 391 g/mol. The maximum absolute atomic E-state index is 12.0. The lowest BCUT2D eigenvalue weighted by Gasteiger charge is -2.28. The molecule has 0 bridgehead atoms. The van der Waals surface area contributed by atoms with E-state index in [1.807, 2.05) is 0 Å². The highest BCUT2D eigenvalue weighted by Gasteiger charge is 2.30. The summed E-state index contributed by atoms with van der Waals surface area (Å²) in [5, 5.41) is 3.24. The summed E-state index contributed by atoms with van der Waals surface area (Å²) in [5.41, 5.74) is 0.330. The Morgan fingerprint density at radius 2 is 1.92 bits per heavy atom. The van der Waals surface area contributed by atoms with Crippen LogP contribution in [0.15, 0.2) is 18.2 Å². The molecule has 25 heavy (non-hydrogen) atoms. The van der Waals surface area contributed by atoms with Crippen LogP contribution >= 0.6 is 23.2 Å². The summed E-state index contributed by atoms with van der Waals surface area (Å²) in [4.78, 5) is 23.9. The standard InChI is InChI=1S/C15H18Cl2N2O5S/c1-25(22,23)19-6-4-10(5-7-19)15(21)24-9-14(20)18-13-8-11(16)2-3-12(13)17/h2-3,8,10H,4-7,9H2,1H3,(H,18,20). The predicted molar refractivity (Wildman–Crippen MR) is 95.2 cm³/mol. The summed E-state index contributed by atoms with van der Waals surface area (Å²) < 4.78 is 29.2. The second-order valence-corrected chi connectivity index (χ2v) is 8.54. The molecule has 0 unspecified atom stereocenters. The summed E-state index contributed by atoms with van der Waals surface area (Å²) in [6.45, 7) is 0.0831. The van der Waals surface area contributed by atoms with Gasteiger partial charge in [0.1, 0.15) is 0 Å². The van der Waals surface area contributed by atoms with Crippen molar-refractivity contribution >= 4 is 50.8 Å². The van der Waals surface area contributed by atoms with Crippen molar-refractivity contribution in [3.63, 3.8) is 0 Å². The van der Waals surface area contributed by atoms with Crippen molar-refractivity contribution in [2.75, 3.05) is 31.3 Å². The zero-order chi connectivity index (χ0) is 18.6. The maximum atomic E-state index is 12.0. The number of halogens is 2. The van der Waals surface area contributed by atoms with Crippen LogP contribution in [0.2, 0.25) is 10.0 Å². The van der Waals surface area contributed by atoms with E-state index in [0.717, 1.165) is 6.26 Å². The Kier molecular flexibility index (Phi) is 6.67. The number of amides is 1. The Morgan fingerprint density at radius 1 is 1.28 bits per heavy atom. The summed E-state index contributed by atoms with van der Waals surface area (Å²) in [5.74, 6) is -1.47. The van der Waals surface area contributed by atoms with Crippen molar-refractivity contribution in [2.45, 2.75) is 12.8 Å². The third kappa shape index (κ3) is 5.85. The van der Waals surface area contributed by atoms with Gasteiger partial charge in [-0.1, -0.05) is 23.2 Å². The minimum atomic E-state index is -3.25. The van der Waals surface area contributed by atoms with Gasteiger partial charge >= 0.3 is 5.97 Å². The minimum Gasteiger partial charge on any atom is -0.455 e. The lowest BCUT2D eigenvalue weighted by atomic mass is 9.98. The molecule has 1 aliphatic heterocycles. The Morgan fingerprint density at radius 3 is 2.52 bits per heavy atom. The molecule has 1 amide bonds. The van der Waals surface area contributed by atoms with E-state index in [1.54, 1.807) is 12.1 Å². The lowest BCUT2D eigenvalue weighted by molar-refractivity contribution is -0.152. The van der Waals surface area contributed by atoms with Crippen molar-refractivity contribution < 1.29 is 22.7 Å². The van der Waals surface area contributed by atoms with Crippen LogP contribution < -0.4 is 5.32 Å². The molecule has 1 fully saturated rings. The van der Waals surface area contributed by atoms with Crippen molar-refractivity contribution in [3.05, 3.63) is 28.2 Å². The molecule has 2 rings (SSSR count). The molecule has 0 atom stereocenters. The van der Waals surface area contributed by atoms with Crippen LogP contribution in [0.25, 0.3) is 0 Å². The molecule has 0 saturated carbocycles. The Hall–Kier alpha value is -1.35. The Balaban J connectivity index is 1.80. The third-order valence-corrected chi connectivity index (χ3v) is 5.67. The van der Waals surface area contributed by atoms with Crippen molar-refractivity contribution in [2.24, 2.45) is 5.92 Å². The number of hydrogen-bond acceptors (Lipinski definition) is 5. The van der Waals surface area contributed by atoms with Crippen LogP contribution in [0.3, 0.4) is 0 Å². The zero-order valence-electron chi connectivity index (χ0n) is 13.5. The largest absolute Gasteiger partial charge is 0.455 e. The van der Waals surface area contributed by atoms with Crippen LogP contribution in [0.5, 0.6) is 0 Å². The van der Waals surface area contributed by atoms with Crippen molar-refractivity contribution in [1.82, 2.24) is 4.31 Å². The topological polar surface area (TPSA) is 92.8 Å². The molecule has 1 aliphatic rings. The molecule has 0 aliphatic carbocycles. The van der Waals surface area contributed by atoms with Gasteiger partial charge < -0.3 is 10.1 Å². The summed E-state index contributed by atoms with van der Waals surface area (Å²) in [6, 6.07) is 4.62. The molecule has 1 heterocycles. The van der Waals surface area contributed by atoms with E-state index in [0.29, 0.717) is 28.6 Å². The van der Waals surface area contributed by atoms with Crippen LogP contribution in [0.1, 0.15) is 12.8 Å². The van der Waals surface area contributed by atoms with Gasteiger partial charge in [0.05, 0.1) is 22.9 Å². The number of ether oxygens (including phenoxy) is 1. The van der Waals surface area contributed by atoms with Gasteiger partial charge in [-0.2, -0.15) is 0 Å². The normalized spacial score (nSPS) is 16.4. The zero-order valence-corrected chi connectivity index (χ0v) is 15.8. The fourth-order valence-electron chi connectivity index (χ4n) is 2.46. The SMILES string of the molecule is CS(=O)(=O)N1CCC(C(=O)OCC(=O)Nc2cc(Cl)ccc2Cl)CC1. The number of sulfonamides is 1. The summed E-state index contributed by atoms with van der Waals surface area (Å²) >= 11 is 11.8. The molecule has 7 nitrogen and oxygen atoms in total. The number of carbonyl (C=O) groups excluding carboxylic acids is 2. The average molecular weight is 409 g/mol. The van der Waals surface area contributed by atoms with E-state index in [9.17, 15) is 18.0 Å². The number of carbonyl (C=O) groups is 2. The van der Waals surface area contributed by atoms with Crippen molar-refractivity contribution in [1.29, 1.82) is 0 Å². The molecule has 0 radical (unpaired) electrons. The highest BCUT2D eigenvalue weighted by Crippen LogP contribution is 2.25. The number of nitrogens with zero attached hydrogens (tertiary/aromatic N) is 1. The number of piperidine rings is 1. The molecule has 1 aromatic carbocycles. The van der Waals surface area contributed by atoms with Crippen LogP contribution in [0.4, 0.5) is 5.69 Å². The number of anilines is 1. The molecule has 10 heteroatoms. The van der Waals surface area contributed by atoms with Gasteiger partial charge in [-0.15, -0.1) is 0 Å². The minimum absolute atomic E-state index is 0.267. The highest BCUT2D eigenvalue weighted by atomic mass is 35.5. The monoisotopic (exact) mass is 408 g/mol. The van der Waals surface area contributed by atoms with E-state index in [2.05, 4.69) is 5.32 Å². The first-order chi connectivity index (χ1) is 11.7. The smallest absolute Gasteiger partial charge is 0.309 e. The van der Waals surface area contributed by atoms with Gasteiger partial charge in [0, 0.05) is 18.1 Å². The van der Waals surface area contributed by atoms with Gasteiger partial charge in [0.15, 0.2) is 6.61 Å². The number of rotatable bonds is 5. The summed E-state index contributed by atoms with van der Waals surface area (Å²) in [7, 11) is -3.25. The number of esters is 1. The predicted octanol–water partition coefficient (Wildman–Crippen LogP) is 2.15. The fourth-order valence-corrected chi connectivity index (χ4v) is 3.67. The fraction of sp³-hybridized carbons (Fsp3) is 0.467. The van der Waals surface area contributed by atoms with Gasteiger partial charge in [0.2, 0.25) is 10.0 Å². The lowest BCUT2D eigenvalue weighted by Crippen LogP contribution is -2.40. The first kappa shape index (κ1) is 20.0. The van der Waals surface area contributed by atoms with E-state index in [-0.39, 0.29) is 13.1 Å². The molecule has 1 saturated heterocycles.